The lowest BCUT2D eigenvalue weighted by atomic mass is 10.0. The van der Waals surface area contributed by atoms with Crippen LogP contribution < -0.4 is 16.3 Å². The predicted octanol–water partition coefficient (Wildman–Crippen LogP) is 6.26. The van der Waals surface area contributed by atoms with E-state index in [1.807, 2.05) is 72.8 Å². The standard InChI is InChI=1S/C35H33ClN4O5/c1-23-27(20-37-35(43)44-22-26-11-7-4-8-12-26)15-18-29-31(23)33(42)45-34(38-29)39-30(19-24-13-16-28(36)17-14-24)32(41)40(2)21-25-9-5-3-6-10-25/h3-18,30H,19-22H2,1-2H3,(H,37,43)(H,38,39)/t30-/m0/s1. The van der Waals surface area contributed by atoms with Crippen LogP contribution in [0.25, 0.3) is 10.9 Å². The van der Waals surface area contributed by atoms with E-state index < -0.39 is 17.8 Å². The van der Waals surface area contributed by atoms with Crippen molar-refractivity contribution in [3.8, 4) is 0 Å². The van der Waals surface area contributed by atoms with E-state index in [1.165, 1.54) is 0 Å². The Morgan fingerprint density at radius 3 is 2.27 bits per heavy atom. The third-order valence-electron chi connectivity index (χ3n) is 7.39. The van der Waals surface area contributed by atoms with Gasteiger partial charge in [0.25, 0.3) is 6.01 Å². The molecule has 230 valence electrons. The number of benzene rings is 4. The average Bonchev–Trinajstić information content (AvgIpc) is 3.04. The minimum absolute atomic E-state index is 0.0670. The highest BCUT2D eigenvalue weighted by Gasteiger charge is 2.25. The molecule has 9 nitrogen and oxygen atoms in total. The Labute approximate surface area is 265 Å². The number of nitrogens with zero attached hydrogens (tertiary/aromatic N) is 2. The molecular weight excluding hydrogens is 592 g/mol. The Morgan fingerprint density at radius 1 is 0.911 bits per heavy atom. The lowest BCUT2D eigenvalue weighted by Crippen LogP contribution is -2.42. The summed E-state index contributed by atoms with van der Waals surface area (Å²) in [6, 6.07) is 28.9. The van der Waals surface area contributed by atoms with Gasteiger partial charge in [-0.3, -0.25) is 4.79 Å². The maximum Gasteiger partial charge on any atom is 0.407 e. The van der Waals surface area contributed by atoms with Crippen LogP contribution in [-0.2, 0) is 35.6 Å². The summed E-state index contributed by atoms with van der Waals surface area (Å²) in [5.41, 5.74) is 3.87. The molecule has 1 heterocycles. The third-order valence-corrected chi connectivity index (χ3v) is 7.65. The van der Waals surface area contributed by atoms with Gasteiger partial charge in [-0.1, -0.05) is 90.5 Å². The molecule has 1 aromatic heterocycles. The zero-order chi connectivity index (χ0) is 31.8. The molecule has 5 rings (SSSR count). The second-order valence-electron chi connectivity index (χ2n) is 10.7. The SMILES string of the molecule is Cc1c(CNC(=O)OCc2ccccc2)ccc2nc(N[C@@H](Cc3ccc(Cl)cc3)C(=O)N(C)Cc3ccccc3)oc(=O)c12. The molecule has 2 N–H and O–H groups in total. The first-order chi connectivity index (χ1) is 21.8. The highest BCUT2D eigenvalue weighted by Crippen LogP contribution is 2.21. The summed E-state index contributed by atoms with van der Waals surface area (Å²) in [5, 5.41) is 6.67. The van der Waals surface area contributed by atoms with E-state index in [4.69, 9.17) is 20.8 Å². The molecule has 5 aromatic rings. The van der Waals surface area contributed by atoms with Gasteiger partial charge in [0.1, 0.15) is 12.6 Å². The summed E-state index contributed by atoms with van der Waals surface area (Å²) in [6.45, 7) is 2.48. The first-order valence-electron chi connectivity index (χ1n) is 14.4. The first kappa shape index (κ1) is 31.3. The number of aromatic nitrogens is 1. The van der Waals surface area contributed by atoms with Crippen LogP contribution in [0, 0.1) is 6.92 Å². The van der Waals surface area contributed by atoms with Gasteiger partial charge in [0, 0.05) is 31.6 Å². The van der Waals surface area contributed by atoms with Crippen molar-refractivity contribution in [3.05, 3.63) is 140 Å². The zero-order valence-electron chi connectivity index (χ0n) is 25.0. The molecule has 0 aliphatic heterocycles. The third kappa shape index (κ3) is 8.27. The zero-order valence-corrected chi connectivity index (χ0v) is 25.7. The number of likely N-dealkylation sites (N-methyl/N-ethyl adjacent to an activating group) is 1. The Kier molecular flexibility index (Phi) is 10.1. The Hall–Kier alpha value is -5.15. The van der Waals surface area contributed by atoms with Gasteiger partial charge in [0.2, 0.25) is 5.91 Å². The smallest absolute Gasteiger partial charge is 0.407 e. The van der Waals surface area contributed by atoms with Crippen LogP contribution in [-0.4, -0.2) is 35.0 Å². The molecule has 1 atom stereocenters. The molecule has 0 spiro atoms. The molecule has 0 saturated heterocycles. The van der Waals surface area contributed by atoms with E-state index in [0.717, 1.165) is 16.7 Å². The number of carbonyl (C=O) groups is 2. The minimum Gasteiger partial charge on any atom is -0.445 e. The summed E-state index contributed by atoms with van der Waals surface area (Å²) >= 11 is 6.07. The molecule has 0 aliphatic rings. The highest BCUT2D eigenvalue weighted by atomic mass is 35.5. The summed E-state index contributed by atoms with van der Waals surface area (Å²) in [6.07, 6.45) is -0.264. The number of fused-ring (bicyclic) bond motifs is 1. The summed E-state index contributed by atoms with van der Waals surface area (Å²) in [7, 11) is 1.73. The number of hydrogen-bond acceptors (Lipinski definition) is 7. The van der Waals surface area contributed by atoms with Crippen LogP contribution >= 0.6 is 11.6 Å². The van der Waals surface area contributed by atoms with Crippen LogP contribution in [0.2, 0.25) is 5.02 Å². The van der Waals surface area contributed by atoms with Crippen molar-refractivity contribution in [1.29, 1.82) is 0 Å². The van der Waals surface area contributed by atoms with Gasteiger partial charge < -0.3 is 24.7 Å². The molecule has 4 aromatic carbocycles. The van der Waals surface area contributed by atoms with Crippen LogP contribution in [0.1, 0.15) is 27.8 Å². The van der Waals surface area contributed by atoms with Crippen LogP contribution in [0.5, 0.6) is 0 Å². The van der Waals surface area contributed by atoms with Crippen molar-refractivity contribution in [2.45, 2.75) is 39.1 Å². The van der Waals surface area contributed by atoms with Crippen molar-refractivity contribution < 1.29 is 18.7 Å². The average molecular weight is 625 g/mol. The van der Waals surface area contributed by atoms with Gasteiger partial charge in [0.05, 0.1) is 10.9 Å². The second-order valence-corrected chi connectivity index (χ2v) is 11.1. The molecule has 0 saturated carbocycles. The van der Waals surface area contributed by atoms with Gasteiger partial charge in [-0.25, -0.2) is 9.59 Å². The summed E-state index contributed by atoms with van der Waals surface area (Å²) < 4.78 is 10.9. The summed E-state index contributed by atoms with van der Waals surface area (Å²) in [5.74, 6) is -0.199. The number of hydrogen-bond donors (Lipinski definition) is 2. The molecule has 0 aliphatic carbocycles. The molecule has 0 bridgehead atoms. The van der Waals surface area contributed by atoms with E-state index in [-0.39, 0.29) is 25.1 Å². The van der Waals surface area contributed by atoms with E-state index in [1.54, 1.807) is 43.1 Å². The van der Waals surface area contributed by atoms with Gasteiger partial charge in [-0.15, -0.1) is 0 Å². The number of rotatable bonds is 11. The van der Waals surface area contributed by atoms with Gasteiger partial charge in [-0.05, 0) is 52.9 Å². The molecule has 0 unspecified atom stereocenters. The number of halogens is 1. The number of alkyl carbamates (subject to hydrolysis) is 1. The molecule has 0 fully saturated rings. The molecule has 45 heavy (non-hydrogen) atoms. The summed E-state index contributed by atoms with van der Waals surface area (Å²) in [4.78, 5) is 45.3. The van der Waals surface area contributed by atoms with E-state index in [9.17, 15) is 14.4 Å². The maximum absolute atomic E-state index is 13.7. The minimum atomic E-state index is -0.778. The molecule has 0 radical (unpaired) electrons. The Bertz CT molecular complexity index is 1830. The van der Waals surface area contributed by atoms with Crippen LogP contribution in [0.3, 0.4) is 0 Å². The number of ether oxygens (including phenoxy) is 1. The monoisotopic (exact) mass is 624 g/mol. The number of anilines is 1. The lowest BCUT2D eigenvalue weighted by molar-refractivity contribution is -0.131. The highest BCUT2D eigenvalue weighted by molar-refractivity contribution is 6.30. The fraction of sp³-hybridized carbons (Fsp3) is 0.200. The number of aryl methyl sites for hydroxylation is 1. The first-order valence-corrected chi connectivity index (χ1v) is 14.8. The van der Waals surface area contributed by atoms with Crippen molar-refractivity contribution >= 4 is 40.5 Å². The topological polar surface area (TPSA) is 114 Å². The van der Waals surface area contributed by atoms with Crippen LogP contribution in [0.4, 0.5) is 10.8 Å². The van der Waals surface area contributed by atoms with Crippen molar-refractivity contribution in [2.75, 3.05) is 12.4 Å². The quantitative estimate of drug-likeness (QED) is 0.178. The second kappa shape index (κ2) is 14.5. The molecular formula is C35H33ClN4O5. The van der Waals surface area contributed by atoms with E-state index in [0.29, 0.717) is 40.0 Å². The van der Waals surface area contributed by atoms with Gasteiger partial charge in [-0.2, -0.15) is 4.98 Å². The largest absolute Gasteiger partial charge is 0.445 e. The van der Waals surface area contributed by atoms with Crippen molar-refractivity contribution in [2.24, 2.45) is 0 Å². The Balaban J connectivity index is 1.32. The van der Waals surface area contributed by atoms with E-state index in [2.05, 4.69) is 15.6 Å². The van der Waals surface area contributed by atoms with E-state index >= 15 is 0 Å². The van der Waals surface area contributed by atoms with Crippen LogP contribution in [0.15, 0.2) is 106 Å². The predicted molar refractivity (Wildman–Crippen MR) is 174 cm³/mol. The number of nitrogens with one attached hydrogen (secondary N) is 2. The number of amides is 2. The molecule has 2 amide bonds. The maximum atomic E-state index is 13.7. The fourth-order valence-corrected chi connectivity index (χ4v) is 5.09. The van der Waals surface area contributed by atoms with Gasteiger partial charge >= 0.3 is 11.7 Å². The number of carbonyl (C=O) groups excluding carboxylic acids is 2. The lowest BCUT2D eigenvalue weighted by Gasteiger charge is -2.25. The Morgan fingerprint density at radius 2 is 1.58 bits per heavy atom. The normalized spacial score (nSPS) is 11.5. The molecule has 10 heteroatoms. The van der Waals surface area contributed by atoms with Gasteiger partial charge in [0.15, 0.2) is 0 Å². The fourth-order valence-electron chi connectivity index (χ4n) is 4.96. The van der Waals surface area contributed by atoms with Crippen molar-refractivity contribution in [3.63, 3.8) is 0 Å². The van der Waals surface area contributed by atoms with Crippen molar-refractivity contribution in [1.82, 2.24) is 15.2 Å².